The van der Waals surface area contributed by atoms with Gasteiger partial charge in [-0.3, -0.25) is 0 Å². The van der Waals surface area contributed by atoms with Gasteiger partial charge in [0.1, 0.15) is 0 Å². The zero-order valence-electron chi connectivity index (χ0n) is 7.90. The smallest absolute Gasteiger partial charge is 0.0312 e. The van der Waals surface area contributed by atoms with Crippen molar-refractivity contribution in [1.29, 1.82) is 0 Å². The lowest BCUT2D eigenvalue weighted by atomic mass is 9.94. The van der Waals surface area contributed by atoms with Gasteiger partial charge in [0.2, 0.25) is 0 Å². The maximum atomic E-state index is 7.74. The van der Waals surface area contributed by atoms with E-state index in [4.69, 9.17) is 1.37 Å². The first-order valence-electron chi connectivity index (χ1n) is 5.03. The lowest BCUT2D eigenvalue weighted by Gasteiger charge is -2.12. The zero-order chi connectivity index (χ0) is 8.10. The van der Waals surface area contributed by atoms with Crippen LogP contribution in [0.4, 0.5) is 0 Å². The summed E-state index contributed by atoms with van der Waals surface area (Å²) in [6.07, 6.45) is 9.67. The quantitative estimate of drug-likeness (QED) is 0.512. The molecule has 0 radical (unpaired) electrons. The van der Waals surface area contributed by atoms with Crippen molar-refractivity contribution >= 4 is 0 Å². The number of unbranched alkanes of at least 4 members (excludes halogenated alkanes) is 1. The second-order valence-electron chi connectivity index (χ2n) is 3.02. The number of hydrogen-bond donors (Lipinski definition) is 0. The zero-order valence-corrected chi connectivity index (χ0v) is 6.90. The van der Waals surface area contributed by atoms with Crippen molar-refractivity contribution in [3.8, 4) is 0 Å². The monoisotopic (exact) mass is 139 g/mol. The second kappa shape index (κ2) is 4.54. The second-order valence-corrected chi connectivity index (χ2v) is 3.02. The molecule has 0 aliphatic heterocycles. The summed E-state index contributed by atoms with van der Waals surface area (Å²) >= 11 is 0. The SMILES string of the molecule is [2H]C1CCCC/C1=C\CCC. The molecule has 58 valence electrons. The Hall–Kier alpha value is -0.260. The fourth-order valence-electron chi connectivity index (χ4n) is 1.38. The standard InChI is InChI=1S/C10H18/c1-2-3-7-10-8-5-4-6-9-10/h7H,2-6,8-9H2,1H3/i8D/b10-7-. The van der Waals surface area contributed by atoms with Crippen LogP contribution < -0.4 is 0 Å². The molecule has 0 N–H and O–H groups in total. The summed E-state index contributed by atoms with van der Waals surface area (Å²) < 4.78 is 7.74. The van der Waals surface area contributed by atoms with Gasteiger partial charge in [-0.2, -0.15) is 0 Å². The van der Waals surface area contributed by atoms with E-state index < -0.39 is 0 Å². The first-order chi connectivity index (χ1) is 5.34. The molecule has 1 unspecified atom stereocenters. The van der Waals surface area contributed by atoms with Gasteiger partial charge in [0.25, 0.3) is 0 Å². The van der Waals surface area contributed by atoms with Crippen LogP contribution in [0.5, 0.6) is 0 Å². The van der Waals surface area contributed by atoms with Gasteiger partial charge in [0.15, 0.2) is 0 Å². The van der Waals surface area contributed by atoms with Crippen LogP contribution in [0.2, 0.25) is 0 Å². The fraction of sp³-hybridized carbons (Fsp3) is 0.800. The number of allylic oxidation sites excluding steroid dienone is 2. The van der Waals surface area contributed by atoms with E-state index in [1.165, 1.54) is 37.7 Å². The van der Waals surface area contributed by atoms with Gasteiger partial charge in [-0.15, -0.1) is 0 Å². The molecule has 0 heterocycles. The van der Waals surface area contributed by atoms with Gasteiger partial charge in [-0.1, -0.05) is 31.4 Å². The predicted molar refractivity (Wildman–Crippen MR) is 46.1 cm³/mol. The highest BCUT2D eigenvalue weighted by Gasteiger charge is 2.03. The minimum absolute atomic E-state index is 0.135. The van der Waals surface area contributed by atoms with Crippen molar-refractivity contribution in [3.05, 3.63) is 11.6 Å². The van der Waals surface area contributed by atoms with Crippen LogP contribution in [0, 0.1) is 0 Å². The Morgan fingerprint density at radius 3 is 3.10 bits per heavy atom. The molecule has 0 bridgehead atoms. The van der Waals surface area contributed by atoms with Crippen LogP contribution in [0.1, 0.15) is 53.2 Å². The number of rotatable bonds is 2. The molecule has 1 aliphatic carbocycles. The minimum atomic E-state index is 0.135. The predicted octanol–water partition coefficient (Wildman–Crippen LogP) is 3.68. The van der Waals surface area contributed by atoms with E-state index in [0.717, 1.165) is 6.42 Å². The maximum absolute atomic E-state index is 7.74. The Kier molecular flexibility index (Phi) is 2.93. The Labute approximate surface area is 65.7 Å². The Balaban J connectivity index is 2.40. The molecule has 10 heavy (non-hydrogen) atoms. The van der Waals surface area contributed by atoms with Gasteiger partial charge in [0, 0.05) is 1.37 Å². The molecule has 0 heteroatoms. The largest absolute Gasteiger partial charge is 0.0853 e. The van der Waals surface area contributed by atoms with Crippen molar-refractivity contribution in [2.45, 2.75) is 51.8 Å². The van der Waals surface area contributed by atoms with Crippen LogP contribution >= 0.6 is 0 Å². The first kappa shape index (κ1) is 6.45. The van der Waals surface area contributed by atoms with Gasteiger partial charge >= 0.3 is 0 Å². The molecule has 0 aromatic carbocycles. The molecular formula is C10H18. The van der Waals surface area contributed by atoms with Crippen molar-refractivity contribution in [1.82, 2.24) is 0 Å². The molecule has 0 aromatic heterocycles. The van der Waals surface area contributed by atoms with Gasteiger partial charge in [0.05, 0.1) is 0 Å². The van der Waals surface area contributed by atoms with Crippen LogP contribution in [0.25, 0.3) is 0 Å². The van der Waals surface area contributed by atoms with E-state index in [2.05, 4.69) is 13.0 Å². The van der Waals surface area contributed by atoms with Gasteiger partial charge in [-0.25, -0.2) is 0 Å². The Morgan fingerprint density at radius 1 is 1.50 bits per heavy atom. The van der Waals surface area contributed by atoms with Crippen molar-refractivity contribution in [2.24, 2.45) is 0 Å². The molecule has 0 spiro atoms. The first-order valence-corrected chi connectivity index (χ1v) is 4.45. The van der Waals surface area contributed by atoms with E-state index in [1.807, 2.05) is 0 Å². The van der Waals surface area contributed by atoms with Crippen molar-refractivity contribution in [3.63, 3.8) is 0 Å². The molecular weight excluding hydrogens is 120 g/mol. The average molecular weight is 139 g/mol. The average Bonchev–Trinajstić information content (AvgIpc) is 2.03. The topological polar surface area (TPSA) is 0 Å². The third-order valence-corrected chi connectivity index (χ3v) is 2.02. The van der Waals surface area contributed by atoms with E-state index in [9.17, 15) is 0 Å². The molecule has 0 amide bonds. The number of hydrogen-bond acceptors (Lipinski definition) is 0. The van der Waals surface area contributed by atoms with E-state index >= 15 is 0 Å². The maximum Gasteiger partial charge on any atom is 0.0312 e. The molecule has 1 aliphatic rings. The summed E-state index contributed by atoms with van der Waals surface area (Å²) in [5, 5.41) is 0. The summed E-state index contributed by atoms with van der Waals surface area (Å²) in [7, 11) is 0. The normalized spacial score (nSPS) is 32.3. The highest BCUT2D eigenvalue weighted by Crippen LogP contribution is 2.22. The van der Waals surface area contributed by atoms with Crippen LogP contribution in [0.3, 0.4) is 0 Å². The van der Waals surface area contributed by atoms with Gasteiger partial charge in [-0.05, 0) is 32.1 Å². The molecule has 0 saturated heterocycles. The molecule has 0 aromatic rings. The molecule has 1 saturated carbocycles. The highest BCUT2D eigenvalue weighted by atomic mass is 14.1. The molecule has 1 rings (SSSR count). The molecule has 0 nitrogen and oxygen atoms in total. The summed E-state index contributed by atoms with van der Waals surface area (Å²) in [5.41, 5.74) is 1.40. The lowest BCUT2D eigenvalue weighted by molar-refractivity contribution is 0.595. The van der Waals surface area contributed by atoms with E-state index in [-0.39, 0.29) is 6.40 Å². The van der Waals surface area contributed by atoms with Gasteiger partial charge < -0.3 is 0 Å². The molecule has 1 fully saturated rings. The van der Waals surface area contributed by atoms with E-state index in [1.54, 1.807) is 0 Å². The van der Waals surface area contributed by atoms with Crippen molar-refractivity contribution < 1.29 is 1.37 Å². The fourth-order valence-corrected chi connectivity index (χ4v) is 1.38. The van der Waals surface area contributed by atoms with Crippen LogP contribution in [-0.4, -0.2) is 0 Å². The van der Waals surface area contributed by atoms with Crippen LogP contribution in [-0.2, 0) is 0 Å². The lowest BCUT2D eigenvalue weighted by Crippen LogP contribution is -1.92. The summed E-state index contributed by atoms with van der Waals surface area (Å²) in [6, 6.07) is 0. The summed E-state index contributed by atoms with van der Waals surface area (Å²) in [5.74, 6) is 0. The Morgan fingerprint density at radius 2 is 2.40 bits per heavy atom. The van der Waals surface area contributed by atoms with E-state index in [0.29, 0.717) is 0 Å². The minimum Gasteiger partial charge on any atom is -0.0853 e. The molecule has 1 atom stereocenters. The van der Waals surface area contributed by atoms with Crippen LogP contribution in [0.15, 0.2) is 11.6 Å². The van der Waals surface area contributed by atoms with Crippen molar-refractivity contribution in [2.75, 3.05) is 0 Å². The third kappa shape index (κ3) is 2.55. The Bertz CT molecular complexity index is 138. The summed E-state index contributed by atoms with van der Waals surface area (Å²) in [6.45, 7) is 2.19. The highest BCUT2D eigenvalue weighted by molar-refractivity contribution is 5.03. The summed E-state index contributed by atoms with van der Waals surface area (Å²) in [4.78, 5) is 0. The third-order valence-electron chi connectivity index (χ3n) is 2.02.